The van der Waals surface area contributed by atoms with Crippen molar-refractivity contribution in [2.45, 2.75) is 24.3 Å². The van der Waals surface area contributed by atoms with E-state index in [4.69, 9.17) is 0 Å². The van der Waals surface area contributed by atoms with Crippen molar-refractivity contribution >= 4 is 59.2 Å². The number of aromatic nitrogens is 2. The zero-order valence-corrected chi connectivity index (χ0v) is 18.0. The van der Waals surface area contributed by atoms with Crippen LogP contribution in [0, 0.1) is 0 Å². The molecule has 0 unspecified atom stereocenters. The molecule has 1 amide bonds. The Bertz CT molecular complexity index is 1140. The third-order valence-corrected chi connectivity index (χ3v) is 7.18. The number of carbonyl (C=O) groups is 1. The third-order valence-electron chi connectivity index (χ3n) is 4.60. The van der Waals surface area contributed by atoms with Gasteiger partial charge in [0.1, 0.15) is 0 Å². The number of benzene rings is 1. The SMILES string of the molecule is O=C(c1cc(Br)ccc1NS(=O)(=O)c1nccc2sncc12)N1CCCCC1. The Hall–Kier alpha value is -2.04. The van der Waals surface area contributed by atoms with Crippen molar-refractivity contribution in [1.82, 2.24) is 14.3 Å². The summed E-state index contributed by atoms with van der Waals surface area (Å²) < 4.78 is 34.1. The fraction of sp³-hybridized carbons (Fsp3) is 0.278. The molecule has 4 rings (SSSR count). The number of pyridine rings is 1. The van der Waals surface area contributed by atoms with E-state index in [0.717, 1.165) is 24.0 Å². The van der Waals surface area contributed by atoms with Gasteiger partial charge in [-0.25, -0.2) is 4.98 Å². The molecule has 1 saturated heterocycles. The minimum absolute atomic E-state index is 0.0990. The Labute approximate surface area is 175 Å². The predicted molar refractivity (Wildman–Crippen MR) is 112 cm³/mol. The lowest BCUT2D eigenvalue weighted by Crippen LogP contribution is -2.36. The number of fused-ring (bicyclic) bond motifs is 1. The number of piperidine rings is 1. The summed E-state index contributed by atoms with van der Waals surface area (Å²) >= 11 is 4.58. The van der Waals surface area contributed by atoms with Crippen LogP contribution in [-0.4, -0.2) is 41.7 Å². The van der Waals surface area contributed by atoms with E-state index in [2.05, 4.69) is 30.0 Å². The van der Waals surface area contributed by atoms with Crippen LogP contribution in [-0.2, 0) is 10.0 Å². The summed E-state index contributed by atoms with van der Waals surface area (Å²) in [6.45, 7) is 1.36. The number of carbonyl (C=O) groups excluding carboxylic acids is 1. The molecule has 1 N–H and O–H groups in total. The molecular weight excluding hydrogens is 464 g/mol. The number of halogens is 1. The molecule has 28 heavy (non-hydrogen) atoms. The van der Waals surface area contributed by atoms with Gasteiger partial charge >= 0.3 is 0 Å². The van der Waals surface area contributed by atoms with Crippen LogP contribution in [0.1, 0.15) is 29.6 Å². The highest BCUT2D eigenvalue weighted by molar-refractivity contribution is 9.10. The average Bonchev–Trinajstić information content (AvgIpc) is 3.18. The Balaban J connectivity index is 1.71. The van der Waals surface area contributed by atoms with Gasteiger partial charge in [0.2, 0.25) is 0 Å². The number of rotatable bonds is 4. The third kappa shape index (κ3) is 3.76. The Kier molecular flexibility index (Phi) is 5.35. The maximum absolute atomic E-state index is 13.0. The van der Waals surface area contributed by atoms with Gasteiger partial charge in [0, 0.05) is 23.8 Å². The molecule has 3 heterocycles. The van der Waals surface area contributed by atoms with Crippen molar-refractivity contribution in [2.24, 2.45) is 0 Å². The number of nitrogens with zero attached hydrogens (tertiary/aromatic N) is 3. The highest BCUT2D eigenvalue weighted by atomic mass is 79.9. The van der Waals surface area contributed by atoms with Crippen molar-refractivity contribution in [1.29, 1.82) is 0 Å². The molecule has 1 aliphatic rings. The van der Waals surface area contributed by atoms with Crippen molar-refractivity contribution in [3.8, 4) is 0 Å². The molecule has 1 fully saturated rings. The summed E-state index contributed by atoms with van der Waals surface area (Å²) in [5, 5.41) is 0.360. The number of amides is 1. The number of nitrogens with one attached hydrogen (secondary N) is 1. The molecule has 2 aromatic heterocycles. The van der Waals surface area contributed by atoms with Gasteiger partial charge in [-0.15, -0.1) is 0 Å². The van der Waals surface area contributed by atoms with Crippen LogP contribution in [0.4, 0.5) is 5.69 Å². The fourth-order valence-electron chi connectivity index (χ4n) is 3.23. The average molecular weight is 481 g/mol. The van der Waals surface area contributed by atoms with E-state index >= 15 is 0 Å². The zero-order chi connectivity index (χ0) is 19.7. The van der Waals surface area contributed by atoms with Crippen LogP contribution in [0.3, 0.4) is 0 Å². The highest BCUT2D eigenvalue weighted by Gasteiger charge is 2.25. The topological polar surface area (TPSA) is 92.3 Å². The molecule has 1 aliphatic heterocycles. The number of hydrogen-bond acceptors (Lipinski definition) is 6. The maximum atomic E-state index is 13.0. The van der Waals surface area contributed by atoms with E-state index in [0.29, 0.717) is 28.5 Å². The summed E-state index contributed by atoms with van der Waals surface area (Å²) in [5.74, 6) is -0.179. The smallest absolute Gasteiger partial charge is 0.280 e. The zero-order valence-electron chi connectivity index (χ0n) is 14.8. The van der Waals surface area contributed by atoms with Crippen LogP contribution < -0.4 is 4.72 Å². The first kappa shape index (κ1) is 19.3. The van der Waals surface area contributed by atoms with Crippen molar-refractivity contribution in [2.75, 3.05) is 17.8 Å². The fourth-order valence-corrected chi connectivity index (χ4v) is 5.51. The van der Waals surface area contributed by atoms with E-state index in [1.165, 1.54) is 23.9 Å². The van der Waals surface area contributed by atoms with Gasteiger partial charge in [-0.3, -0.25) is 9.52 Å². The van der Waals surface area contributed by atoms with Crippen LogP contribution in [0.5, 0.6) is 0 Å². The van der Waals surface area contributed by atoms with E-state index in [9.17, 15) is 13.2 Å². The van der Waals surface area contributed by atoms with Gasteiger partial charge in [-0.05, 0) is 55.1 Å². The molecule has 3 aromatic rings. The summed E-state index contributed by atoms with van der Waals surface area (Å²) in [7, 11) is -3.99. The lowest BCUT2D eigenvalue weighted by molar-refractivity contribution is 0.0725. The monoisotopic (exact) mass is 480 g/mol. The molecule has 146 valence electrons. The standard InChI is InChI=1S/C18H17BrN4O3S2/c19-12-4-5-15(13(10-12)18(24)23-8-2-1-3-9-23)22-28(25,26)17-14-11-21-27-16(14)6-7-20-17/h4-7,10-11,22H,1-3,8-9H2. The van der Waals surface area contributed by atoms with Crippen molar-refractivity contribution < 1.29 is 13.2 Å². The predicted octanol–water partition coefficient (Wildman–Crippen LogP) is 3.88. The Morgan fingerprint density at radius 2 is 1.96 bits per heavy atom. The van der Waals surface area contributed by atoms with E-state index in [1.54, 1.807) is 29.2 Å². The van der Waals surface area contributed by atoms with Crippen LogP contribution in [0.25, 0.3) is 10.1 Å². The molecule has 0 radical (unpaired) electrons. The van der Waals surface area contributed by atoms with Crippen LogP contribution in [0.2, 0.25) is 0 Å². The lowest BCUT2D eigenvalue weighted by atomic mass is 10.1. The van der Waals surface area contributed by atoms with Gasteiger partial charge in [0.15, 0.2) is 5.03 Å². The molecular formula is C18H17BrN4O3S2. The first-order chi connectivity index (χ1) is 13.5. The first-order valence-electron chi connectivity index (χ1n) is 8.77. The van der Waals surface area contributed by atoms with Crippen molar-refractivity contribution in [3.63, 3.8) is 0 Å². The van der Waals surface area contributed by atoms with Crippen LogP contribution in [0.15, 0.2) is 46.2 Å². The summed E-state index contributed by atoms with van der Waals surface area (Å²) in [4.78, 5) is 18.8. The van der Waals surface area contributed by atoms with E-state index in [-0.39, 0.29) is 16.6 Å². The van der Waals surface area contributed by atoms with Gasteiger partial charge < -0.3 is 4.90 Å². The molecule has 0 atom stereocenters. The quantitative estimate of drug-likeness (QED) is 0.611. The highest BCUT2D eigenvalue weighted by Crippen LogP contribution is 2.28. The molecule has 0 spiro atoms. The second-order valence-corrected chi connectivity index (χ2v) is 9.85. The first-order valence-corrected chi connectivity index (χ1v) is 11.8. The maximum Gasteiger partial charge on any atom is 0.280 e. The lowest BCUT2D eigenvalue weighted by Gasteiger charge is -2.27. The van der Waals surface area contributed by atoms with Gasteiger partial charge in [-0.2, -0.15) is 12.8 Å². The molecule has 0 bridgehead atoms. The van der Waals surface area contributed by atoms with Gasteiger partial charge in [0.25, 0.3) is 15.9 Å². The number of anilines is 1. The summed E-state index contributed by atoms with van der Waals surface area (Å²) in [6.07, 6.45) is 5.95. The minimum Gasteiger partial charge on any atom is -0.339 e. The second-order valence-electron chi connectivity index (χ2n) is 6.50. The minimum atomic E-state index is -3.99. The summed E-state index contributed by atoms with van der Waals surface area (Å²) in [6, 6.07) is 6.65. The molecule has 7 nitrogen and oxygen atoms in total. The van der Waals surface area contributed by atoms with E-state index in [1.807, 2.05) is 0 Å². The molecule has 0 aliphatic carbocycles. The Morgan fingerprint density at radius 3 is 2.75 bits per heavy atom. The van der Waals surface area contributed by atoms with Crippen LogP contribution >= 0.6 is 27.5 Å². The van der Waals surface area contributed by atoms with Crippen molar-refractivity contribution in [3.05, 3.63) is 46.7 Å². The number of hydrogen-bond donors (Lipinski definition) is 1. The molecule has 10 heteroatoms. The van der Waals surface area contributed by atoms with Gasteiger partial charge in [-0.1, -0.05) is 15.9 Å². The van der Waals surface area contributed by atoms with E-state index < -0.39 is 10.0 Å². The molecule has 1 aromatic carbocycles. The second kappa shape index (κ2) is 7.76. The molecule has 0 saturated carbocycles. The Morgan fingerprint density at radius 1 is 1.18 bits per heavy atom. The summed E-state index contributed by atoms with van der Waals surface area (Å²) in [5.41, 5.74) is 0.552. The number of sulfonamides is 1. The number of likely N-dealkylation sites (tertiary alicyclic amines) is 1. The van der Waals surface area contributed by atoms with Gasteiger partial charge in [0.05, 0.1) is 27.5 Å². The normalized spacial score (nSPS) is 15.0. The largest absolute Gasteiger partial charge is 0.339 e.